The van der Waals surface area contributed by atoms with Gasteiger partial charge in [-0.1, -0.05) is 42.5 Å². The second-order valence-corrected chi connectivity index (χ2v) is 8.10. The second kappa shape index (κ2) is 11.5. The van der Waals surface area contributed by atoms with Gasteiger partial charge >= 0.3 is 0 Å². The number of benzene rings is 3. The van der Waals surface area contributed by atoms with E-state index in [2.05, 4.69) is 0 Å². The van der Waals surface area contributed by atoms with Crippen LogP contribution in [0.3, 0.4) is 0 Å². The monoisotopic (exact) mass is 489 g/mol. The first-order valence-electron chi connectivity index (χ1n) is 11.5. The van der Waals surface area contributed by atoms with Crippen LogP contribution >= 0.6 is 0 Å². The van der Waals surface area contributed by atoms with E-state index in [0.29, 0.717) is 41.8 Å². The number of nitrogens with zero attached hydrogens (tertiary/aromatic N) is 3. The zero-order chi connectivity index (χ0) is 25.5. The quantitative estimate of drug-likeness (QED) is 0.302. The maximum Gasteiger partial charge on any atom is 0.254 e. The van der Waals surface area contributed by atoms with Gasteiger partial charge in [-0.15, -0.1) is 0 Å². The van der Waals surface area contributed by atoms with Crippen LogP contribution in [0.25, 0.3) is 11.3 Å². The van der Waals surface area contributed by atoms with Gasteiger partial charge in [-0.25, -0.2) is 9.07 Å². The molecule has 3 aromatic carbocycles. The highest BCUT2D eigenvalue weighted by Crippen LogP contribution is 2.37. The molecule has 7 nitrogen and oxygen atoms in total. The Morgan fingerprint density at radius 3 is 2.28 bits per heavy atom. The topological polar surface area (TPSA) is 65.8 Å². The van der Waals surface area contributed by atoms with E-state index in [-0.39, 0.29) is 12.5 Å². The summed E-state index contributed by atoms with van der Waals surface area (Å²) in [5.41, 5.74) is 2.68. The Morgan fingerprint density at radius 1 is 0.944 bits per heavy atom. The minimum atomic E-state index is -0.402. The molecule has 0 saturated heterocycles. The standard InChI is InChI=1S/C28H28FN3O4/c1-31-28(36-25-12-8-7-11-24(25)35-3)23(26(30-31)20-9-5-4-6-10-20)19-32(17-18-34-2)27(33)21-13-15-22(29)16-14-21/h4-16H,17-19H2,1-3H3. The summed E-state index contributed by atoms with van der Waals surface area (Å²) in [4.78, 5) is 15.1. The SMILES string of the molecule is COCCN(Cc1c(-c2ccccc2)nn(C)c1Oc1ccccc1OC)C(=O)c1ccc(F)cc1. The Hall–Kier alpha value is -4.17. The van der Waals surface area contributed by atoms with Gasteiger partial charge in [-0.3, -0.25) is 4.79 Å². The van der Waals surface area contributed by atoms with Crippen molar-refractivity contribution < 1.29 is 23.4 Å². The number of aryl methyl sites for hydroxylation is 1. The number of para-hydroxylation sites is 2. The van der Waals surface area contributed by atoms with E-state index in [9.17, 15) is 9.18 Å². The van der Waals surface area contributed by atoms with Crippen LogP contribution in [0.2, 0.25) is 0 Å². The molecule has 4 aromatic rings. The molecule has 1 aromatic heterocycles. The van der Waals surface area contributed by atoms with Crippen molar-refractivity contribution in [3.8, 4) is 28.6 Å². The fourth-order valence-corrected chi connectivity index (χ4v) is 3.88. The van der Waals surface area contributed by atoms with Gasteiger partial charge in [-0.2, -0.15) is 5.10 Å². The minimum Gasteiger partial charge on any atom is -0.493 e. The number of rotatable bonds is 10. The molecular weight excluding hydrogens is 461 g/mol. The van der Waals surface area contributed by atoms with Crippen molar-refractivity contribution in [2.24, 2.45) is 7.05 Å². The van der Waals surface area contributed by atoms with Crippen LogP contribution in [-0.4, -0.2) is 48.0 Å². The van der Waals surface area contributed by atoms with Crippen LogP contribution in [0.1, 0.15) is 15.9 Å². The fraction of sp³-hybridized carbons (Fsp3) is 0.214. The lowest BCUT2D eigenvalue weighted by molar-refractivity contribution is 0.0679. The van der Waals surface area contributed by atoms with Gasteiger partial charge in [0.1, 0.15) is 11.5 Å². The maximum atomic E-state index is 13.5. The lowest BCUT2D eigenvalue weighted by atomic mass is 10.1. The smallest absolute Gasteiger partial charge is 0.254 e. The van der Waals surface area contributed by atoms with Crippen LogP contribution in [0.15, 0.2) is 78.9 Å². The second-order valence-electron chi connectivity index (χ2n) is 8.10. The van der Waals surface area contributed by atoms with Crippen LogP contribution in [0.4, 0.5) is 4.39 Å². The zero-order valence-electron chi connectivity index (χ0n) is 20.5. The summed E-state index contributed by atoms with van der Waals surface area (Å²) in [5, 5.41) is 4.74. The maximum absolute atomic E-state index is 13.5. The third-order valence-corrected chi connectivity index (χ3v) is 5.70. The molecule has 0 N–H and O–H groups in total. The van der Waals surface area contributed by atoms with Gasteiger partial charge in [0.25, 0.3) is 5.91 Å². The normalized spacial score (nSPS) is 10.8. The largest absolute Gasteiger partial charge is 0.493 e. The third-order valence-electron chi connectivity index (χ3n) is 5.70. The van der Waals surface area contributed by atoms with Gasteiger partial charge in [0, 0.05) is 31.8 Å². The van der Waals surface area contributed by atoms with Crippen LogP contribution < -0.4 is 9.47 Å². The van der Waals surface area contributed by atoms with Crippen molar-refractivity contribution in [1.29, 1.82) is 0 Å². The Balaban J connectivity index is 1.78. The van der Waals surface area contributed by atoms with Crippen molar-refractivity contribution >= 4 is 5.91 Å². The van der Waals surface area contributed by atoms with Crippen LogP contribution in [0.5, 0.6) is 17.4 Å². The van der Waals surface area contributed by atoms with E-state index in [1.54, 1.807) is 30.8 Å². The van der Waals surface area contributed by atoms with Crippen molar-refractivity contribution in [3.63, 3.8) is 0 Å². The summed E-state index contributed by atoms with van der Waals surface area (Å²) in [7, 11) is 4.95. The van der Waals surface area contributed by atoms with Crippen LogP contribution in [0, 0.1) is 5.82 Å². The Kier molecular flexibility index (Phi) is 7.97. The highest BCUT2D eigenvalue weighted by Gasteiger charge is 2.25. The van der Waals surface area contributed by atoms with Crippen LogP contribution in [-0.2, 0) is 18.3 Å². The molecule has 0 aliphatic carbocycles. The molecule has 1 amide bonds. The predicted octanol–water partition coefficient (Wildman–Crippen LogP) is 5.32. The molecule has 1 heterocycles. The first-order valence-corrected chi connectivity index (χ1v) is 11.5. The molecule has 8 heteroatoms. The van der Waals surface area contributed by atoms with Crippen molar-refractivity contribution in [2.75, 3.05) is 27.4 Å². The summed E-state index contributed by atoms with van der Waals surface area (Å²) in [6.45, 7) is 0.850. The number of carbonyl (C=O) groups is 1. The number of halogens is 1. The van der Waals surface area contributed by atoms with E-state index in [4.69, 9.17) is 19.3 Å². The molecule has 0 aliphatic heterocycles. The summed E-state index contributed by atoms with van der Waals surface area (Å²) in [5.74, 6) is 0.925. The third kappa shape index (κ3) is 5.55. The first-order chi connectivity index (χ1) is 17.5. The molecule has 0 spiro atoms. The number of ether oxygens (including phenoxy) is 3. The molecule has 0 bridgehead atoms. The number of methoxy groups -OCH3 is 2. The first kappa shape index (κ1) is 24.9. The molecule has 0 saturated carbocycles. The molecule has 0 aliphatic rings. The van der Waals surface area contributed by atoms with E-state index in [1.165, 1.54) is 24.3 Å². The Labute approximate surface area is 209 Å². The summed E-state index contributed by atoms with van der Waals surface area (Å²) in [6, 6.07) is 22.6. The molecule has 0 unspecified atom stereocenters. The molecule has 0 fully saturated rings. The highest BCUT2D eigenvalue weighted by atomic mass is 19.1. The van der Waals surface area contributed by atoms with E-state index < -0.39 is 5.82 Å². The van der Waals surface area contributed by atoms with E-state index in [1.807, 2.05) is 54.6 Å². The summed E-state index contributed by atoms with van der Waals surface area (Å²) < 4.78 is 32.2. The van der Waals surface area contributed by atoms with Crippen molar-refractivity contribution in [3.05, 3.63) is 95.8 Å². The number of hydrogen-bond acceptors (Lipinski definition) is 5. The van der Waals surface area contributed by atoms with Gasteiger partial charge in [0.05, 0.1) is 25.8 Å². The summed E-state index contributed by atoms with van der Waals surface area (Å²) >= 11 is 0. The Bertz CT molecular complexity index is 1310. The van der Waals surface area contributed by atoms with Gasteiger partial charge in [0.2, 0.25) is 5.88 Å². The molecule has 186 valence electrons. The van der Waals surface area contributed by atoms with E-state index in [0.717, 1.165) is 11.1 Å². The lowest BCUT2D eigenvalue weighted by Crippen LogP contribution is -2.33. The van der Waals surface area contributed by atoms with Gasteiger partial charge in [-0.05, 0) is 36.4 Å². The van der Waals surface area contributed by atoms with E-state index >= 15 is 0 Å². The molecule has 0 radical (unpaired) electrons. The highest BCUT2D eigenvalue weighted by molar-refractivity contribution is 5.94. The lowest BCUT2D eigenvalue weighted by Gasteiger charge is -2.23. The average molecular weight is 490 g/mol. The zero-order valence-corrected chi connectivity index (χ0v) is 20.5. The summed E-state index contributed by atoms with van der Waals surface area (Å²) in [6.07, 6.45) is 0. The minimum absolute atomic E-state index is 0.197. The number of amides is 1. The van der Waals surface area contributed by atoms with Crippen molar-refractivity contribution in [1.82, 2.24) is 14.7 Å². The molecule has 4 rings (SSSR count). The van der Waals surface area contributed by atoms with Crippen molar-refractivity contribution in [2.45, 2.75) is 6.54 Å². The van der Waals surface area contributed by atoms with Gasteiger partial charge in [0.15, 0.2) is 11.5 Å². The Morgan fingerprint density at radius 2 is 1.61 bits per heavy atom. The molecule has 0 atom stereocenters. The number of aromatic nitrogens is 2. The fourth-order valence-electron chi connectivity index (χ4n) is 3.88. The predicted molar refractivity (Wildman–Crippen MR) is 135 cm³/mol. The number of hydrogen-bond donors (Lipinski definition) is 0. The molecule has 36 heavy (non-hydrogen) atoms. The van der Waals surface area contributed by atoms with Gasteiger partial charge < -0.3 is 19.1 Å². The number of carbonyl (C=O) groups excluding carboxylic acids is 1. The molecular formula is C28H28FN3O4. The average Bonchev–Trinajstić information content (AvgIpc) is 3.21.